The van der Waals surface area contributed by atoms with Crippen molar-refractivity contribution in [1.29, 1.82) is 0 Å². The van der Waals surface area contributed by atoms with E-state index in [1.165, 1.54) is 30.5 Å². The Hall–Kier alpha value is -2.93. The standard InChI is InChI=1S/C20H22F2N4O/c1-12(11-26(2)3)24-18-7-5-14(9-17(18)22)23-10-16-15-6-4-13(21)8-19(15)25-20(16)27/h4-10,12,23-24H,11H2,1-3H3,(H,25,27)/b16-10+. The van der Waals surface area contributed by atoms with Gasteiger partial charge < -0.3 is 20.9 Å². The Labute approximate surface area is 157 Å². The van der Waals surface area contributed by atoms with Gasteiger partial charge in [0.15, 0.2) is 0 Å². The summed E-state index contributed by atoms with van der Waals surface area (Å²) in [7, 11) is 3.92. The number of benzene rings is 2. The predicted octanol–water partition coefficient (Wildman–Crippen LogP) is 3.73. The summed E-state index contributed by atoms with van der Waals surface area (Å²) in [4.78, 5) is 14.1. The average molecular weight is 372 g/mol. The molecule has 7 heteroatoms. The number of carbonyl (C=O) groups excluding carboxylic acids is 1. The summed E-state index contributed by atoms with van der Waals surface area (Å²) in [5.74, 6) is -1.14. The van der Waals surface area contributed by atoms with Crippen molar-refractivity contribution in [3.05, 3.63) is 59.8 Å². The minimum Gasteiger partial charge on any atom is -0.379 e. The summed E-state index contributed by atoms with van der Waals surface area (Å²) < 4.78 is 27.6. The number of likely N-dealkylation sites (N-methyl/N-ethyl adjacent to an activating group) is 1. The molecule has 0 bridgehead atoms. The van der Waals surface area contributed by atoms with Gasteiger partial charge in [-0.2, -0.15) is 0 Å². The molecule has 1 aliphatic rings. The molecule has 0 spiro atoms. The van der Waals surface area contributed by atoms with Crippen LogP contribution in [0.25, 0.3) is 5.57 Å². The van der Waals surface area contributed by atoms with Crippen LogP contribution in [-0.4, -0.2) is 37.5 Å². The quantitative estimate of drug-likeness (QED) is 0.677. The third-order valence-electron chi connectivity index (χ3n) is 4.16. The molecular weight excluding hydrogens is 350 g/mol. The van der Waals surface area contributed by atoms with Crippen LogP contribution >= 0.6 is 0 Å². The van der Waals surface area contributed by atoms with E-state index >= 15 is 0 Å². The van der Waals surface area contributed by atoms with E-state index in [-0.39, 0.29) is 17.8 Å². The number of nitrogens with one attached hydrogen (secondary N) is 3. The molecular formula is C20H22F2N4O. The van der Waals surface area contributed by atoms with E-state index in [1.54, 1.807) is 12.1 Å². The van der Waals surface area contributed by atoms with Gasteiger partial charge >= 0.3 is 0 Å². The van der Waals surface area contributed by atoms with Crippen LogP contribution in [0.2, 0.25) is 0 Å². The first kappa shape index (κ1) is 18.8. The number of anilines is 3. The van der Waals surface area contributed by atoms with Gasteiger partial charge in [-0.15, -0.1) is 0 Å². The van der Waals surface area contributed by atoms with Crippen LogP contribution < -0.4 is 16.0 Å². The molecule has 0 aliphatic carbocycles. The Morgan fingerprint density at radius 3 is 2.67 bits per heavy atom. The fourth-order valence-corrected chi connectivity index (χ4v) is 3.05. The Kier molecular flexibility index (Phi) is 5.41. The van der Waals surface area contributed by atoms with Crippen LogP contribution in [0.3, 0.4) is 0 Å². The van der Waals surface area contributed by atoms with Gasteiger partial charge in [-0.3, -0.25) is 4.79 Å². The van der Waals surface area contributed by atoms with E-state index in [0.29, 0.717) is 28.2 Å². The third-order valence-corrected chi connectivity index (χ3v) is 4.16. The van der Waals surface area contributed by atoms with Crippen molar-refractivity contribution in [2.45, 2.75) is 13.0 Å². The summed E-state index contributed by atoms with van der Waals surface area (Å²) in [6.07, 6.45) is 1.50. The maximum atomic E-state index is 14.4. The summed E-state index contributed by atoms with van der Waals surface area (Å²) in [6.45, 7) is 2.76. The smallest absolute Gasteiger partial charge is 0.257 e. The van der Waals surface area contributed by atoms with Crippen LogP contribution in [0.15, 0.2) is 42.6 Å². The highest BCUT2D eigenvalue weighted by Gasteiger charge is 2.24. The highest BCUT2D eigenvalue weighted by Crippen LogP contribution is 2.32. The number of amides is 1. The largest absolute Gasteiger partial charge is 0.379 e. The summed E-state index contributed by atoms with van der Waals surface area (Å²) in [5, 5.41) is 8.67. The lowest BCUT2D eigenvalue weighted by atomic mass is 10.1. The molecule has 1 heterocycles. The van der Waals surface area contributed by atoms with Crippen molar-refractivity contribution in [2.75, 3.05) is 36.6 Å². The van der Waals surface area contributed by atoms with Crippen LogP contribution in [0, 0.1) is 11.6 Å². The van der Waals surface area contributed by atoms with Gasteiger partial charge in [-0.25, -0.2) is 8.78 Å². The van der Waals surface area contributed by atoms with Crippen LogP contribution in [0.1, 0.15) is 12.5 Å². The van der Waals surface area contributed by atoms with E-state index in [4.69, 9.17) is 0 Å². The monoisotopic (exact) mass is 372 g/mol. The van der Waals surface area contributed by atoms with Crippen molar-refractivity contribution in [3.63, 3.8) is 0 Å². The van der Waals surface area contributed by atoms with Crippen molar-refractivity contribution in [3.8, 4) is 0 Å². The number of carbonyl (C=O) groups is 1. The number of nitrogens with zero attached hydrogens (tertiary/aromatic N) is 1. The van der Waals surface area contributed by atoms with Crippen molar-refractivity contribution in [2.24, 2.45) is 0 Å². The lowest BCUT2D eigenvalue weighted by Gasteiger charge is -2.20. The number of halogens is 2. The lowest BCUT2D eigenvalue weighted by molar-refractivity contribution is -0.110. The molecule has 3 rings (SSSR count). The first-order chi connectivity index (χ1) is 12.8. The molecule has 0 saturated heterocycles. The minimum absolute atomic E-state index is 0.0921. The Morgan fingerprint density at radius 2 is 1.96 bits per heavy atom. The number of hydrogen-bond acceptors (Lipinski definition) is 4. The molecule has 5 nitrogen and oxygen atoms in total. The molecule has 1 unspecified atom stereocenters. The predicted molar refractivity (Wildman–Crippen MR) is 105 cm³/mol. The van der Waals surface area contributed by atoms with Crippen molar-refractivity contribution < 1.29 is 13.6 Å². The molecule has 27 heavy (non-hydrogen) atoms. The Bertz CT molecular complexity index is 896. The molecule has 0 saturated carbocycles. The molecule has 142 valence electrons. The van der Waals surface area contributed by atoms with E-state index in [1.807, 2.05) is 25.9 Å². The second-order valence-corrected chi connectivity index (χ2v) is 6.85. The zero-order valence-corrected chi connectivity index (χ0v) is 15.4. The summed E-state index contributed by atoms with van der Waals surface area (Å²) in [5.41, 5.74) is 2.32. The Balaban J connectivity index is 1.73. The fourth-order valence-electron chi connectivity index (χ4n) is 3.05. The number of hydrogen-bond donors (Lipinski definition) is 3. The normalized spacial score (nSPS) is 15.6. The topological polar surface area (TPSA) is 56.4 Å². The average Bonchev–Trinajstić information content (AvgIpc) is 2.88. The second kappa shape index (κ2) is 7.75. The van der Waals surface area contributed by atoms with Gasteiger partial charge in [0, 0.05) is 30.0 Å². The highest BCUT2D eigenvalue weighted by atomic mass is 19.1. The molecule has 2 aromatic rings. The maximum Gasteiger partial charge on any atom is 0.257 e. The lowest BCUT2D eigenvalue weighted by Crippen LogP contribution is -2.29. The van der Waals surface area contributed by atoms with E-state index in [0.717, 1.165) is 6.54 Å². The van der Waals surface area contributed by atoms with Crippen LogP contribution in [0.4, 0.5) is 25.8 Å². The second-order valence-electron chi connectivity index (χ2n) is 6.85. The van der Waals surface area contributed by atoms with Crippen molar-refractivity contribution >= 4 is 28.5 Å². The van der Waals surface area contributed by atoms with Gasteiger partial charge in [-0.1, -0.05) is 0 Å². The molecule has 0 fully saturated rings. The van der Waals surface area contributed by atoms with Gasteiger partial charge in [0.2, 0.25) is 0 Å². The highest BCUT2D eigenvalue weighted by molar-refractivity contribution is 6.31. The van der Waals surface area contributed by atoms with Gasteiger partial charge in [0.25, 0.3) is 5.91 Å². The van der Waals surface area contributed by atoms with Gasteiger partial charge in [-0.05, 0) is 57.4 Å². The SMILES string of the molecule is CC(CN(C)C)Nc1ccc(N/C=C2/C(=O)Nc3cc(F)ccc32)cc1F. The van der Waals surface area contributed by atoms with Crippen LogP contribution in [-0.2, 0) is 4.79 Å². The molecule has 0 radical (unpaired) electrons. The third kappa shape index (κ3) is 4.43. The molecule has 0 aromatic heterocycles. The Morgan fingerprint density at radius 1 is 1.19 bits per heavy atom. The summed E-state index contributed by atoms with van der Waals surface area (Å²) in [6, 6.07) is 8.93. The maximum absolute atomic E-state index is 14.4. The minimum atomic E-state index is -0.420. The van der Waals surface area contributed by atoms with Gasteiger partial charge in [0.1, 0.15) is 11.6 Å². The molecule has 1 atom stereocenters. The molecule has 1 amide bonds. The van der Waals surface area contributed by atoms with Crippen molar-refractivity contribution in [1.82, 2.24) is 4.90 Å². The molecule has 2 aromatic carbocycles. The summed E-state index contributed by atoms with van der Waals surface area (Å²) >= 11 is 0. The molecule has 1 aliphatic heterocycles. The fraction of sp³-hybridized carbons (Fsp3) is 0.250. The van der Waals surface area contributed by atoms with E-state index in [2.05, 4.69) is 16.0 Å². The van der Waals surface area contributed by atoms with E-state index in [9.17, 15) is 13.6 Å². The van der Waals surface area contributed by atoms with Gasteiger partial charge in [0.05, 0.1) is 16.9 Å². The van der Waals surface area contributed by atoms with E-state index < -0.39 is 5.82 Å². The number of rotatable bonds is 6. The first-order valence-corrected chi connectivity index (χ1v) is 8.62. The van der Waals surface area contributed by atoms with Crippen LogP contribution in [0.5, 0.6) is 0 Å². The zero-order valence-electron chi connectivity index (χ0n) is 15.4. The zero-order chi connectivity index (χ0) is 19.6. The first-order valence-electron chi connectivity index (χ1n) is 8.62. The molecule has 3 N–H and O–H groups in total. The number of fused-ring (bicyclic) bond motifs is 1.